The average Bonchev–Trinajstić information content (AvgIpc) is 2.69. The van der Waals surface area contributed by atoms with Gasteiger partial charge in [0.25, 0.3) is 5.91 Å². The quantitative estimate of drug-likeness (QED) is 0.669. The monoisotopic (exact) mass is 386 g/mol. The zero-order valence-electron chi connectivity index (χ0n) is 17.0. The van der Waals surface area contributed by atoms with Crippen molar-refractivity contribution in [3.63, 3.8) is 0 Å². The van der Waals surface area contributed by atoms with Gasteiger partial charge >= 0.3 is 6.03 Å². The van der Waals surface area contributed by atoms with Crippen molar-refractivity contribution in [2.24, 2.45) is 0 Å². The summed E-state index contributed by atoms with van der Waals surface area (Å²) in [7, 11) is 6.60. The molecule has 2 aromatic rings. The van der Waals surface area contributed by atoms with Crippen molar-refractivity contribution in [3.05, 3.63) is 59.2 Å². The van der Waals surface area contributed by atoms with Crippen molar-refractivity contribution in [1.82, 2.24) is 10.6 Å². The van der Waals surface area contributed by atoms with Crippen molar-refractivity contribution in [2.45, 2.75) is 19.5 Å². The summed E-state index contributed by atoms with van der Waals surface area (Å²) in [6.07, 6.45) is 0. The number of methoxy groups -OCH3 is 2. The van der Waals surface area contributed by atoms with Crippen molar-refractivity contribution >= 4 is 11.9 Å². The molecule has 0 aromatic heterocycles. The minimum Gasteiger partial charge on any atom is -0.493 e. The molecular formula is C21H28N3O4+. The molecule has 0 radical (unpaired) electrons. The van der Waals surface area contributed by atoms with Crippen LogP contribution in [0.5, 0.6) is 11.5 Å². The van der Waals surface area contributed by atoms with Crippen LogP contribution in [0, 0.1) is 6.92 Å². The fraction of sp³-hybridized carbons (Fsp3) is 0.333. The zero-order valence-corrected chi connectivity index (χ0v) is 17.0. The molecule has 150 valence electrons. The van der Waals surface area contributed by atoms with Gasteiger partial charge in [0.1, 0.15) is 6.54 Å². The maximum Gasteiger partial charge on any atom is 0.321 e. The summed E-state index contributed by atoms with van der Waals surface area (Å²) in [4.78, 5) is 25.4. The Bertz CT molecular complexity index is 824. The number of carbonyl (C=O) groups excluding carboxylic acids is 2. The van der Waals surface area contributed by atoms with Crippen LogP contribution in [-0.4, -0.2) is 40.3 Å². The smallest absolute Gasteiger partial charge is 0.321 e. The van der Waals surface area contributed by atoms with E-state index in [-0.39, 0.29) is 5.91 Å². The summed E-state index contributed by atoms with van der Waals surface area (Å²) >= 11 is 0. The van der Waals surface area contributed by atoms with Gasteiger partial charge in [-0.15, -0.1) is 0 Å². The number of ether oxygens (including phenoxy) is 2. The number of quaternary nitrogens is 1. The second kappa shape index (κ2) is 9.75. The van der Waals surface area contributed by atoms with Crippen LogP contribution in [0.2, 0.25) is 0 Å². The lowest BCUT2D eigenvalue weighted by Crippen LogP contribution is -3.09. The molecule has 2 atom stereocenters. The van der Waals surface area contributed by atoms with E-state index in [2.05, 4.69) is 10.6 Å². The molecule has 7 heteroatoms. The molecule has 0 saturated carbocycles. The Morgan fingerprint density at radius 2 is 1.68 bits per heavy atom. The predicted octanol–water partition coefficient (Wildman–Crippen LogP) is 1.22. The fourth-order valence-corrected chi connectivity index (χ4v) is 3.17. The number of urea groups is 1. The van der Waals surface area contributed by atoms with Crippen molar-refractivity contribution in [2.75, 3.05) is 28.3 Å². The molecule has 0 bridgehead atoms. The highest BCUT2D eigenvalue weighted by atomic mass is 16.5. The average molecular weight is 386 g/mol. The number of hydrogen-bond acceptors (Lipinski definition) is 4. The first-order valence-corrected chi connectivity index (χ1v) is 9.02. The SMILES string of the molecule is CNC(=O)NC(=O)[C@@H](c1ccccc1)[NH+](C)Cc1cc(OC)c(OC)cc1C. The van der Waals surface area contributed by atoms with Crippen LogP contribution >= 0.6 is 0 Å². The number of imide groups is 1. The largest absolute Gasteiger partial charge is 0.493 e. The van der Waals surface area contributed by atoms with Crippen LogP contribution in [0.4, 0.5) is 4.79 Å². The van der Waals surface area contributed by atoms with Gasteiger partial charge in [-0.1, -0.05) is 30.3 Å². The molecule has 0 aliphatic carbocycles. The van der Waals surface area contributed by atoms with E-state index in [1.54, 1.807) is 14.2 Å². The number of hydrogen-bond donors (Lipinski definition) is 3. The Balaban J connectivity index is 2.34. The van der Waals surface area contributed by atoms with E-state index in [0.717, 1.165) is 21.6 Å². The number of benzene rings is 2. The number of aryl methyl sites for hydroxylation is 1. The van der Waals surface area contributed by atoms with Gasteiger partial charge in [0.2, 0.25) is 0 Å². The van der Waals surface area contributed by atoms with Gasteiger partial charge < -0.3 is 19.7 Å². The van der Waals surface area contributed by atoms with Crippen molar-refractivity contribution in [3.8, 4) is 11.5 Å². The third kappa shape index (κ3) is 5.01. The Morgan fingerprint density at radius 3 is 2.25 bits per heavy atom. The Morgan fingerprint density at radius 1 is 1.07 bits per heavy atom. The summed E-state index contributed by atoms with van der Waals surface area (Å²) in [6, 6.07) is 12.2. The van der Waals surface area contributed by atoms with Gasteiger partial charge in [-0.3, -0.25) is 10.1 Å². The highest BCUT2D eigenvalue weighted by Gasteiger charge is 2.30. The standard InChI is InChI=1S/C21H27N3O4/c1-14-11-17(27-4)18(28-5)12-16(14)13-24(3)19(15-9-7-6-8-10-15)20(25)23-21(26)22-2/h6-12,19H,13H2,1-5H3,(H2,22,23,25,26)/p+1/t19-/m1/s1. The van der Waals surface area contributed by atoms with Gasteiger partial charge in [0, 0.05) is 18.2 Å². The minimum absolute atomic E-state index is 0.360. The number of amides is 3. The van der Waals surface area contributed by atoms with Gasteiger partial charge in [-0.25, -0.2) is 4.79 Å². The normalized spacial score (nSPS) is 12.6. The van der Waals surface area contributed by atoms with Crippen LogP contribution in [0.25, 0.3) is 0 Å². The second-order valence-corrected chi connectivity index (χ2v) is 6.57. The van der Waals surface area contributed by atoms with Crippen molar-refractivity contribution in [1.29, 1.82) is 0 Å². The zero-order chi connectivity index (χ0) is 20.7. The van der Waals surface area contributed by atoms with Gasteiger partial charge in [-0.05, 0) is 24.6 Å². The molecule has 0 aliphatic heterocycles. The molecule has 0 fully saturated rings. The number of carbonyl (C=O) groups is 2. The molecule has 0 heterocycles. The Kier molecular flexibility index (Phi) is 7.40. The number of rotatable bonds is 7. The molecule has 3 amide bonds. The second-order valence-electron chi connectivity index (χ2n) is 6.57. The first kappa shape index (κ1) is 21.2. The van der Waals surface area contributed by atoms with E-state index in [1.807, 2.05) is 56.4 Å². The third-order valence-corrected chi connectivity index (χ3v) is 4.66. The molecule has 3 N–H and O–H groups in total. The van der Waals surface area contributed by atoms with Gasteiger partial charge in [0.15, 0.2) is 17.5 Å². The topological polar surface area (TPSA) is 81.1 Å². The van der Waals surface area contributed by atoms with E-state index in [4.69, 9.17) is 9.47 Å². The lowest BCUT2D eigenvalue weighted by atomic mass is 10.0. The van der Waals surface area contributed by atoms with E-state index >= 15 is 0 Å². The molecule has 0 spiro atoms. The summed E-state index contributed by atoms with van der Waals surface area (Å²) in [5.74, 6) is 0.946. The van der Waals surface area contributed by atoms with Crippen LogP contribution in [0.15, 0.2) is 42.5 Å². The molecule has 0 saturated heterocycles. The van der Waals surface area contributed by atoms with Gasteiger partial charge in [0.05, 0.1) is 21.3 Å². The molecule has 2 aromatic carbocycles. The maximum atomic E-state index is 12.8. The third-order valence-electron chi connectivity index (χ3n) is 4.66. The van der Waals surface area contributed by atoms with E-state index in [9.17, 15) is 9.59 Å². The van der Waals surface area contributed by atoms with Gasteiger partial charge in [-0.2, -0.15) is 0 Å². The molecule has 28 heavy (non-hydrogen) atoms. The molecule has 1 unspecified atom stereocenters. The fourth-order valence-electron chi connectivity index (χ4n) is 3.17. The summed E-state index contributed by atoms with van der Waals surface area (Å²) in [5, 5.41) is 4.81. The number of likely N-dealkylation sites (N-methyl/N-ethyl adjacent to an activating group) is 1. The van der Waals surface area contributed by atoms with Crippen LogP contribution < -0.4 is 25.0 Å². The molecule has 7 nitrogen and oxygen atoms in total. The van der Waals surface area contributed by atoms with E-state index in [0.29, 0.717) is 18.0 Å². The predicted molar refractivity (Wildman–Crippen MR) is 107 cm³/mol. The van der Waals surface area contributed by atoms with Crippen LogP contribution in [-0.2, 0) is 11.3 Å². The first-order chi connectivity index (χ1) is 13.4. The summed E-state index contributed by atoms with van der Waals surface area (Å²) in [5.41, 5.74) is 2.90. The molecule has 0 aliphatic rings. The maximum absolute atomic E-state index is 12.8. The van der Waals surface area contributed by atoms with E-state index in [1.165, 1.54) is 7.05 Å². The summed E-state index contributed by atoms with van der Waals surface area (Å²) < 4.78 is 10.8. The summed E-state index contributed by atoms with van der Waals surface area (Å²) in [6.45, 7) is 2.56. The van der Waals surface area contributed by atoms with Crippen LogP contribution in [0.3, 0.4) is 0 Å². The Labute approximate surface area is 165 Å². The molecular weight excluding hydrogens is 358 g/mol. The van der Waals surface area contributed by atoms with Crippen molar-refractivity contribution < 1.29 is 24.0 Å². The first-order valence-electron chi connectivity index (χ1n) is 9.02. The molecule has 2 rings (SSSR count). The number of nitrogens with one attached hydrogen (secondary N) is 3. The minimum atomic E-state index is -0.550. The highest BCUT2D eigenvalue weighted by molar-refractivity contribution is 5.96. The lowest BCUT2D eigenvalue weighted by molar-refractivity contribution is -0.916. The highest BCUT2D eigenvalue weighted by Crippen LogP contribution is 2.30. The van der Waals surface area contributed by atoms with Crippen LogP contribution in [0.1, 0.15) is 22.7 Å². The van der Waals surface area contributed by atoms with E-state index < -0.39 is 12.1 Å². The lowest BCUT2D eigenvalue weighted by Gasteiger charge is -2.25. The Hall–Kier alpha value is -3.06.